The van der Waals surface area contributed by atoms with Crippen LogP contribution in [0.4, 0.5) is 4.39 Å². The largest absolute Gasteiger partial charge is 0.492 e. The van der Waals surface area contributed by atoms with E-state index in [0.29, 0.717) is 17.9 Å². The summed E-state index contributed by atoms with van der Waals surface area (Å²) in [4.78, 5) is 0. The first-order valence-corrected chi connectivity index (χ1v) is 6.85. The van der Waals surface area contributed by atoms with E-state index in [1.165, 1.54) is 17.7 Å². The van der Waals surface area contributed by atoms with E-state index >= 15 is 0 Å². The summed E-state index contributed by atoms with van der Waals surface area (Å²) in [5.41, 5.74) is 1.84. The number of hydrogen-bond acceptors (Lipinski definition) is 2. The van der Waals surface area contributed by atoms with Crippen molar-refractivity contribution in [2.45, 2.75) is 12.8 Å². The number of rotatable bonds is 5. The Morgan fingerprint density at radius 3 is 2.67 bits per heavy atom. The number of hydrogen-bond donors (Lipinski definition) is 1. The van der Waals surface area contributed by atoms with Gasteiger partial charge in [0.15, 0.2) is 0 Å². The second-order valence-electron chi connectivity index (χ2n) is 4.54. The summed E-state index contributed by atoms with van der Waals surface area (Å²) in [5, 5.41) is 8.72. The van der Waals surface area contributed by atoms with Gasteiger partial charge in [-0.05, 0) is 30.5 Å². The van der Waals surface area contributed by atoms with E-state index in [-0.39, 0.29) is 12.4 Å². The van der Waals surface area contributed by atoms with Gasteiger partial charge >= 0.3 is 0 Å². The zero-order valence-electron chi connectivity index (χ0n) is 11.7. The fourth-order valence-electron chi connectivity index (χ4n) is 1.96. The Balaban J connectivity index is 1.91. The maximum absolute atomic E-state index is 13.3. The summed E-state index contributed by atoms with van der Waals surface area (Å²) in [6, 6.07) is 14.4. The molecule has 0 amide bonds. The molecule has 2 aromatic carbocycles. The monoisotopic (exact) mass is 284 g/mol. The smallest absolute Gasteiger partial charge is 0.137 e. The molecule has 1 N–H and O–H groups in total. The lowest BCUT2D eigenvalue weighted by Gasteiger charge is -2.08. The Morgan fingerprint density at radius 2 is 1.90 bits per heavy atom. The molecule has 21 heavy (non-hydrogen) atoms. The van der Waals surface area contributed by atoms with Crippen LogP contribution in [0.1, 0.15) is 17.5 Å². The standard InChI is InChI=1S/C18H17FO2/c19-17-11-10-16(9-4-12-20)18(14-17)21-13-5-8-15-6-2-1-3-7-15/h1-3,6-7,10-11,14,20H,5,8,12-13H2. The molecular weight excluding hydrogens is 267 g/mol. The van der Waals surface area contributed by atoms with Crippen LogP contribution in [0.3, 0.4) is 0 Å². The molecule has 0 saturated carbocycles. The molecule has 2 aromatic rings. The first-order valence-electron chi connectivity index (χ1n) is 6.85. The van der Waals surface area contributed by atoms with Crippen molar-refractivity contribution in [2.75, 3.05) is 13.2 Å². The highest BCUT2D eigenvalue weighted by atomic mass is 19.1. The third-order valence-corrected chi connectivity index (χ3v) is 2.96. The highest BCUT2D eigenvalue weighted by Crippen LogP contribution is 2.19. The summed E-state index contributed by atoms with van der Waals surface area (Å²) in [6.45, 7) is 0.261. The molecule has 0 atom stereocenters. The lowest BCUT2D eigenvalue weighted by atomic mass is 10.1. The van der Waals surface area contributed by atoms with Crippen molar-refractivity contribution in [3.8, 4) is 17.6 Å². The molecule has 0 unspecified atom stereocenters. The van der Waals surface area contributed by atoms with Gasteiger partial charge in [0, 0.05) is 6.07 Å². The first kappa shape index (κ1) is 15.1. The summed E-state index contributed by atoms with van der Waals surface area (Å²) in [6.07, 6.45) is 1.75. The topological polar surface area (TPSA) is 29.5 Å². The van der Waals surface area contributed by atoms with Crippen molar-refractivity contribution in [1.29, 1.82) is 0 Å². The predicted molar refractivity (Wildman–Crippen MR) is 80.6 cm³/mol. The highest BCUT2D eigenvalue weighted by molar-refractivity contribution is 5.46. The minimum Gasteiger partial charge on any atom is -0.492 e. The lowest BCUT2D eigenvalue weighted by Crippen LogP contribution is -2.01. The zero-order valence-corrected chi connectivity index (χ0v) is 11.7. The number of ether oxygens (including phenoxy) is 1. The second kappa shape index (κ2) is 8.08. The molecule has 0 aliphatic rings. The molecule has 0 aliphatic heterocycles. The summed E-state index contributed by atoms with van der Waals surface area (Å²) in [5.74, 6) is 5.36. The minimum atomic E-state index is -0.359. The Kier molecular flexibility index (Phi) is 5.81. The average molecular weight is 284 g/mol. The van der Waals surface area contributed by atoms with E-state index in [2.05, 4.69) is 24.0 Å². The minimum absolute atomic E-state index is 0.231. The van der Waals surface area contributed by atoms with Gasteiger partial charge in [0.1, 0.15) is 18.2 Å². The van der Waals surface area contributed by atoms with Crippen LogP contribution in [0.15, 0.2) is 48.5 Å². The van der Waals surface area contributed by atoms with Crippen LogP contribution < -0.4 is 4.74 Å². The van der Waals surface area contributed by atoms with Crippen LogP contribution in [-0.4, -0.2) is 18.3 Å². The molecule has 0 spiro atoms. The third-order valence-electron chi connectivity index (χ3n) is 2.96. The first-order chi connectivity index (χ1) is 10.3. The number of halogens is 1. The fraction of sp³-hybridized carbons (Fsp3) is 0.222. The molecule has 2 nitrogen and oxygen atoms in total. The van der Waals surface area contributed by atoms with Gasteiger partial charge in [-0.2, -0.15) is 0 Å². The summed E-state index contributed by atoms with van der Waals surface area (Å²) < 4.78 is 18.9. The van der Waals surface area contributed by atoms with Crippen molar-refractivity contribution >= 4 is 0 Å². The molecule has 0 bridgehead atoms. The fourth-order valence-corrected chi connectivity index (χ4v) is 1.96. The zero-order chi connectivity index (χ0) is 14.9. The number of aliphatic hydroxyl groups excluding tert-OH is 1. The predicted octanol–water partition coefficient (Wildman–Crippen LogP) is 3.18. The average Bonchev–Trinajstić information content (AvgIpc) is 2.52. The summed E-state index contributed by atoms with van der Waals surface area (Å²) >= 11 is 0. The molecule has 0 fully saturated rings. The van der Waals surface area contributed by atoms with Gasteiger partial charge in [0.05, 0.1) is 12.2 Å². The van der Waals surface area contributed by atoms with Crippen LogP contribution in [0.2, 0.25) is 0 Å². The van der Waals surface area contributed by atoms with Crippen molar-refractivity contribution in [3.05, 3.63) is 65.5 Å². The van der Waals surface area contributed by atoms with Crippen LogP contribution in [-0.2, 0) is 6.42 Å². The van der Waals surface area contributed by atoms with Crippen molar-refractivity contribution in [2.24, 2.45) is 0 Å². The normalized spacial score (nSPS) is 9.81. The van der Waals surface area contributed by atoms with Gasteiger partial charge in [-0.25, -0.2) is 4.39 Å². The van der Waals surface area contributed by atoms with Crippen LogP contribution in [0.5, 0.6) is 5.75 Å². The van der Waals surface area contributed by atoms with E-state index in [9.17, 15) is 4.39 Å². The van der Waals surface area contributed by atoms with E-state index in [4.69, 9.17) is 9.84 Å². The van der Waals surface area contributed by atoms with Gasteiger partial charge in [-0.15, -0.1) is 0 Å². The van der Waals surface area contributed by atoms with Crippen molar-refractivity contribution in [3.63, 3.8) is 0 Å². The maximum Gasteiger partial charge on any atom is 0.137 e. The van der Waals surface area contributed by atoms with Gasteiger partial charge < -0.3 is 9.84 Å². The van der Waals surface area contributed by atoms with Gasteiger partial charge in [-0.1, -0.05) is 42.2 Å². The Morgan fingerprint density at radius 1 is 1.10 bits per heavy atom. The molecule has 108 valence electrons. The van der Waals surface area contributed by atoms with Crippen LogP contribution >= 0.6 is 0 Å². The molecule has 0 saturated heterocycles. The van der Waals surface area contributed by atoms with Gasteiger partial charge in [-0.3, -0.25) is 0 Å². The maximum atomic E-state index is 13.3. The Bertz CT molecular complexity index is 627. The quantitative estimate of drug-likeness (QED) is 0.675. The molecule has 0 aromatic heterocycles. The highest BCUT2D eigenvalue weighted by Gasteiger charge is 2.03. The van der Waals surface area contributed by atoms with E-state index in [1.54, 1.807) is 6.07 Å². The number of aliphatic hydroxyl groups is 1. The molecule has 0 heterocycles. The molecule has 3 heteroatoms. The van der Waals surface area contributed by atoms with Gasteiger partial charge in [0.25, 0.3) is 0 Å². The second-order valence-corrected chi connectivity index (χ2v) is 4.54. The molecular formula is C18H17FO2. The summed E-state index contributed by atoms with van der Waals surface area (Å²) in [7, 11) is 0. The van der Waals surface area contributed by atoms with Crippen molar-refractivity contribution < 1.29 is 14.2 Å². The third kappa shape index (κ3) is 4.94. The number of benzene rings is 2. The molecule has 0 aliphatic carbocycles. The number of aryl methyl sites for hydroxylation is 1. The lowest BCUT2D eigenvalue weighted by molar-refractivity contribution is 0.308. The molecule has 2 rings (SSSR count). The van der Waals surface area contributed by atoms with E-state index < -0.39 is 0 Å². The molecule has 0 radical (unpaired) electrons. The van der Waals surface area contributed by atoms with Crippen LogP contribution in [0, 0.1) is 17.7 Å². The SMILES string of the molecule is OCC#Cc1ccc(F)cc1OCCCc1ccccc1. The Hall–Kier alpha value is -2.31. The van der Waals surface area contributed by atoms with E-state index in [1.807, 2.05) is 18.2 Å². The van der Waals surface area contributed by atoms with E-state index in [0.717, 1.165) is 12.8 Å². The van der Waals surface area contributed by atoms with Crippen LogP contribution in [0.25, 0.3) is 0 Å². The Labute approximate surface area is 124 Å². The van der Waals surface area contributed by atoms with Gasteiger partial charge in [0.2, 0.25) is 0 Å². The van der Waals surface area contributed by atoms with Crippen molar-refractivity contribution in [1.82, 2.24) is 0 Å².